The molecule has 0 aliphatic carbocycles. The molecule has 174 valence electrons. The van der Waals surface area contributed by atoms with Crippen LogP contribution in [0.3, 0.4) is 0 Å². The number of benzene rings is 3. The van der Waals surface area contributed by atoms with Gasteiger partial charge in [-0.1, -0.05) is 91.0 Å². The first-order chi connectivity index (χ1) is 16.2. The van der Waals surface area contributed by atoms with Crippen LogP contribution in [-0.4, -0.2) is 47.5 Å². The molecule has 2 N–H and O–H groups in total. The van der Waals surface area contributed by atoms with E-state index < -0.39 is 30.7 Å². The molecule has 5 atom stereocenters. The van der Waals surface area contributed by atoms with Gasteiger partial charge in [0.05, 0.1) is 26.4 Å². The predicted molar refractivity (Wildman–Crippen MR) is 123 cm³/mol. The quantitative estimate of drug-likeness (QED) is 0.493. The lowest BCUT2D eigenvalue weighted by Gasteiger charge is -2.42. The molecule has 0 unspecified atom stereocenters. The van der Waals surface area contributed by atoms with E-state index in [9.17, 15) is 10.2 Å². The van der Waals surface area contributed by atoms with Crippen LogP contribution in [0.1, 0.15) is 16.7 Å². The SMILES string of the molecule is O[C@H]1[C@H](OCc2ccccc2)[C@H](OCc2ccccc2)[C@@H](O)O[C@@H]1COCc1ccccc1. The van der Waals surface area contributed by atoms with Gasteiger partial charge in [-0.05, 0) is 16.7 Å². The molecule has 33 heavy (non-hydrogen) atoms. The Kier molecular flexibility index (Phi) is 8.60. The largest absolute Gasteiger partial charge is 0.387 e. The molecule has 0 radical (unpaired) electrons. The van der Waals surface area contributed by atoms with Crippen LogP contribution in [0.4, 0.5) is 0 Å². The molecule has 6 heteroatoms. The fourth-order valence-electron chi connectivity index (χ4n) is 3.81. The molecule has 1 aliphatic rings. The van der Waals surface area contributed by atoms with E-state index in [1.165, 1.54) is 0 Å². The number of hydrogen-bond acceptors (Lipinski definition) is 6. The van der Waals surface area contributed by atoms with Crippen molar-refractivity contribution in [2.75, 3.05) is 6.61 Å². The maximum Gasteiger partial charge on any atom is 0.184 e. The van der Waals surface area contributed by atoms with Crippen LogP contribution < -0.4 is 0 Å². The van der Waals surface area contributed by atoms with Gasteiger partial charge in [-0.25, -0.2) is 0 Å². The van der Waals surface area contributed by atoms with E-state index in [0.29, 0.717) is 6.61 Å². The summed E-state index contributed by atoms with van der Waals surface area (Å²) < 4.78 is 23.5. The summed E-state index contributed by atoms with van der Waals surface area (Å²) in [5.41, 5.74) is 2.93. The normalized spacial score (nSPS) is 25.1. The number of rotatable bonds is 10. The van der Waals surface area contributed by atoms with Crippen molar-refractivity contribution in [2.24, 2.45) is 0 Å². The van der Waals surface area contributed by atoms with E-state index in [1.54, 1.807) is 0 Å². The van der Waals surface area contributed by atoms with Crippen molar-refractivity contribution in [1.29, 1.82) is 0 Å². The van der Waals surface area contributed by atoms with Crippen LogP contribution in [0.2, 0.25) is 0 Å². The Labute approximate surface area is 194 Å². The van der Waals surface area contributed by atoms with Crippen LogP contribution in [0.5, 0.6) is 0 Å². The third kappa shape index (κ3) is 6.71. The van der Waals surface area contributed by atoms with Gasteiger partial charge in [0.1, 0.15) is 24.4 Å². The lowest BCUT2D eigenvalue weighted by atomic mass is 9.98. The minimum atomic E-state index is -1.26. The molecular weight excluding hydrogens is 420 g/mol. The van der Waals surface area contributed by atoms with E-state index in [4.69, 9.17) is 18.9 Å². The Bertz CT molecular complexity index is 937. The van der Waals surface area contributed by atoms with Crippen molar-refractivity contribution < 1.29 is 29.2 Å². The highest BCUT2D eigenvalue weighted by atomic mass is 16.7. The highest BCUT2D eigenvalue weighted by molar-refractivity contribution is 5.15. The predicted octanol–water partition coefficient (Wildman–Crippen LogP) is 3.45. The van der Waals surface area contributed by atoms with Gasteiger partial charge < -0.3 is 29.2 Å². The Morgan fingerprint density at radius 2 is 1.06 bits per heavy atom. The molecule has 6 nitrogen and oxygen atoms in total. The summed E-state index contributed by atoms with van der Waals surface area (Å²) in [5, 5.41) is 21.8. The molecule has 0 aromatic heterocycles. The molecule has 0 bridgehead atoms. The van der Waals surface area contributed by atoms with E-state index >= 15 is 0 Å². The molecule has 0 spiro atoms. The lowest BCUT2D eigenvalue weighted by molar-refractivity contribution is -0.309. The van der Waals surface area contributed by atoms with Crippen molar-refractivity contribution in [3.63, 3.8) is 0 Å². The summed E-state index contributed by atoms with van der Waals surface area (Å²) in [7, 11) is 0. The molecule has 3 aromatic rings. The first kappa shape index (κ1) is 23.6. The van der Waals surface area contributed by atoms with Crippen LogP contribution in [-0.2, 0) is 38.8 Å². The summed E-state index contributed by atoms with van der Waals surface area (Å²) in [6, 6.07) is 29.1. The zero-order valence-corrected chi connectivity index (χ0v) is 18.4. The summed E-state index contributed by atoms with van der Waals surface area (Å²) in [6.45, 7) is 1.04. The minimum absolute atomic E-state index is 0.115. The Hall–Kier alpha value is -2.58. The zero-order valence-electron chi connectivity index (χ0n) is 18.4. The van der Waals surface area contributed by atoms with Crippen molar-refractivity contribution in [3.05, 3.63) is 108 Å². The third-order valence-corrected chi connectivity index (χ3v) is 5.60. The summed E-state index contributed by atoms with van der Waals surface area (Å²) in [4.78, 5) is 0. The molecule has 0 amide bonds. The number of hydrogen-bond donors (Lipinski definition) is 2. The van der Waals surface area contributed by atoms with E-state index in [2.05, 4.69) is 0 Å². The van der Waals surface area contributed by atoms with Crippen molar-refractivity contribution in [1.82, 2.24) is 0 Å². The Morgan fingerprint density at radius 1 is 0.606 bits per heavy atom. The van der Waals surface area contributed by atoms with Crippen molar-refractivity contribution in [3.8, 4) is 0 Å². The molecule has 0 saturated carbocycles. The van der Waals surface area contributed by atoms with Gasteiger partial charge in [0, 0.05) is 0 Å². The van der Waals surface area contributed by atoms with E-state index in [1.807, 2.05) is 91.0 Å². The van der Waals surface area contributed by atoms with Gasteiger partial charge in [-0.2, -0.15) is 0 Å². The van der Waals surface area contributed by atoms with Gasteiger partial charge >= 0.3 is 0 Å². The summed E-state index contributed by atoms with van der Waals surface area (Å²) >= 11 is 0. The second-order valence-electron chi connectivity index (χ2n) is 8.08. The maximum atomic E-state index is 11.1. The van der Waals surface area contributed by atoms with Gasteiger partial charge in [0.2, 0.25) is 0 Å². The van der Waals surface area contributed by atoms with Gasteiger partial charge in [0.15, 0.2) is 6.29 Å². The number of aliphatic hydroxyl groups is 2. The van der Waals surface area contributed by atoms with Crippen molar-refractivity contribution >= 4 is 0 Å². The highest BCUT2D eigenvalue weighted by Gasteiger charge is 2.46. The van der Waals surface area contributed by atoms with Gasteiger partial charge in [0.25, 0.3) is 0 Å². The van der Waals surface area contributed by atoms with E-state index in [0.717, 1.165) is 16.7 Å². The number of aliphatic hydroxyl groups excluding tert-OH is 2. The number of ether oxygens (including phenoxy) is 4. The lowest BCUT2D eigenvalue weighted by Crippen LogP contribution is -2.60. The van der Waals surface area contributed by atoms with Crippen LogP contribution in [0.25, 0.3) is 0 Å². The average Bonchev–Trinajstić information content (AvgIpc) is 2.86. The Morgan fingerprint density at radius 3 is 1.58 bits per heavy atom. The van der Waals surface area contributed by atoms with Crippen LogP contribution in [0.15, 0.2) is 91.0 Å². The molecule has 1 saturated heterocycles. The van der Waals surface area contributed by atoms with Crippen molar-refractivity contribution in [2.45, 2.75) is 50.5 Å². The minimum Gasteiger partial charge on any atom is -0.387 e. The monoisotopic (exact) mass is 450 g/mol. The molecular formula is C27H30O6. The van der Waals surface area contributed by atoms with Gasteiger partial charge in [-0.15, -0.1) is 0 Å². The van der Waals surface area contributed by atoms with Crippen LogP contribution in [0, 0.1) is 0 Å². The molecule has 4 rings (SSSR count). The maximum absolute atomic E-state index is 11.1. The second kappa shape index (κ2) is 12.0. The van der Waals surface area contributed by atoms with E-state index in [-0.39, 0.29) is 19.8 Å². The van der Waals surface area contributed by atoms with Gasteiger partial charge in [-0.3, -0.25) is 0 Å². The highest BCUT2D eigenvalue weighted by Crippen LogP contribution is 2.27. The topological polar surface area (TPSA) is 77.4 Å². The zero-order chi connectivity index (χ0) is 22.9. The standard InChI is InChI=1S/C27H30O6/c28-24-23(19-30-16-20-10-4-1-5-11-20)33-27(29)26(32-18-22-14-8-3-9-15-22)25(24)31-17-21-12-6-2-7-13-21/h1-15,23-29H,16-19H2/t23-,24-,25+,26+,27+/m1/s1. The summed E-state index contributed by atoms with van der Waals surface area (Å²) in [5.74, 6) is 0. The third-order valence-electron chi connectivity index (χ3n) is 5.60. The summed E-state index contributed by atoms with van der Waals surface area (Å²) in [6.07, 6.45) is -4.68. The molecule has 1 fully saturated rings. The Balaban J connectivity index is 1.41. The average molecular weight is 451 g/mol. The first-order valence-corrected chi connectivity index (χ1v) is 11.1. The second-order valence-corrected chi connectivity index (χ2v) is 8.08. The molecule has 3 aromatic carbocycles. The molecule has 1 aliphatic heterocycles. The fourth-order valence-corrected chi connectivity index (χ4v) is 3.81. The fraction of sp³-hybridized carbons (Fsp3) is 0.333. The first-order valence-electron chi connectivity index (χ1n) is 11.1. The van der Waals surface area contributed by atoms with Crippen LogP contribution >= 0.6 is 0 Å². The molecule has 1 heterocycles. The smallest absolute Gasteiger partial charge is 0.184 e.